The number of hydrogen-bond donors (Lipinski definition) is 1. The molecule has 0 spiro atoms. The minimum absolute atomic E-state index is 0. The molecule has 106 valence electrons. The third kappa shape index (κ3) is 2.74. The van der Waals surface area contributed by atoms with E-state index in [2.05, 4.69) is 0 Å². The Morgan fingerprint density at radius 2 is 2.11 bits per heavy atom. The Kier molecular flexibility index (Phi) is 4.68. The van der Waals surface area contributed by atoms with Gasteiger partial charge < -0.3 is 10.6 Å². The van der Waals surface area contributed by atoms with Gasteiger partial charge in [0.15, 0.2) is 0 Å². The molecule has 1 amide bonds. The molecule has 1 saturated carbocycles. The van der Waals surface area contributed by atoms with Crippen LogP contribution in [0.1, 0.15) is 23.2 Å². The molecule has 1 aliphatic heterocycles. The maximum absolute atomic E-state index is 12.4. The first kappa shape index (κ1) is 15.4. The number of hydrogen-bond acceptors (Lipinski definition) is 3. The van der Waals surface area contributed by atoms with Gasteiger partial charge in [-0.2, -0.15) is 0 Å². The number of rotatable bonds is 1. The second-order valence-electron chi connectivity index (χ2n) is 5.11. The van der Waals surface area contributed by atoms with Gasteiger partial charge in [0.2, 0.25) is 0 Å². The molecule has 1 aliphatic carbocycles. The molecule has 3 unspecified atom stereocenters. The number of fused-ring (bicyclic) bond motifs is 1. The van der Waals surface area contributed by atoms with Crippen LogP contribution in [0.5, 0.6) is 0 Å². The quantitative estimate of drug-likeness (QED) is 0.852. The van der Waals surface area contributed by atoms with E-state index < -0.39 is 0 Å². The molecule has 2 aliphatic rings. The molecule has 0 bridgehead atoms. The smallest absolute Gasteiger partial charge is 0.256 e. The van der Waals surface area contributed by atoms with Crippen LogP contribution in [0.3, 0.4) is 0 Å². The molecule has 2 heterocycles. The molecule has 3 nitrogen and oxygen atoms in total. The molecule has 3 atom stereocenters. The van der Waals surface area contributed by atoms with Crippen LogP contribution in [0.25, 0.3) is 0 Å². The Bertz CT molecular complexity index is 493. The topological polar surface area (TPSA) is 46.3 Å². The Morgan fingerprint density at radius 3 is 2.68 bits per heavy atom. The predicted octanol–water partition coefficient (Wildman–Crippen LogP) is 3.29. The molecule has 1 aromatic heterocycles. The highest BCUT2D eigenvalue weighted by molar-refractivity contribution is 7.20. The highest BCUT2D eigenvalue weighted by Crippen LogP contribution is 2.39. The van der Waals surface area contributed by atoms with Crippen LogP contribution in [0.2, 0.25) is 8.67 Å². The summed E-state index contributed by atoms with van der Waals surface area (Å²) in [5.74, 6) is 1.02. The van der Waals surface area contributed by atoms with Gasteiger partial charge >= 0.3 is 0 Å². The van der Waals surface area contributed by atoms with Crippen LogP contribution >= 0.6 is 46.9 Å². The van der Waals surface area contributed by atoms with Crippen molar-refractivity contribution in [3.63, 3.8) is 0 Å². The van der Waals surface area contributed by atoms with Crippen molar-refractivity contribution in [2.45, 2.75) is 18.9 Å². The third-order valence-corrected chi connectivity index (χ3v) is 5.57. The van der Waals surface area contributed by atoms with Crippen molar-refractivity contribution in [3.05, 3.63) is 20.3 Å². The molecule has 2 fully saturated rings. The standard InChI is InChI=1S/C12H14Cl2N2OS.ClH/c13-10-3-7(11(14)18-10)12(17)16-4-6-1-2-9(15)8(6)5-16;/h3,6,8-9H,1-2,4-5,15H2;1H. The molecule has 1 aromatic rings. The van der Waals surface area contributed by atoms with Crippen LogP contribution in [-0.2, 0) is 0 Å². The van der Waals surface area contributed by atoms with E-state index in [0.29, 0.717) is 26.1 Å². The van der Waals surface area contributed by atoms with Gasteiger partial charge in [-0.1, -0.05) is 23.2 Å². The summed E-state index contributed by atoms with van der Waals surface area (Å²) in [5, 5.41) is 0. The van der Waals surface area contributed by atoms with E-state index in [9.17, 15) is 4.79 Å². The summed E-state index contributed by atoms with van der Waals surface area (Å²) in [6.07, 6.45) is 2.22. The fourth-order valence-electron chi connectivity index (χ4n) is 3.13. The summed E-state index contributed by atoms with van der Waals surface area (Å²) in [7, 11) is 0. The van der Waals surface area contributed by atoms with E-state index in [1.54, 1.807) is 6.07 Å². The van der Waals surface area contributed by atoms with E-state index in [1.165, 1.54) is 11.3 Å². The maximum Gasteiger partial charge on any atom is 0.256 e. The number of amides is 1. The summed E-state index contributed by atoms with van der Waals surface area (Å²) in [4.78, 5) is 14.2. The van der Waals surface area contributed by atoms with E-state index >= 15 is 0 Å². The Labute approximate surface area is 132 Å². The fourth-order valence-corrected chi connectivity index (χ4v) is 4.58. The predicted molar refractivity (Wildman–Crippen MR) is 81.7 cm³/mol. The SMILES string of the molecule is Cl.NC1CCC2CN(C(=O)c3cc(Cl)sc3Cl)CC12. The number of nitrogens with zero attached hydrogens (tertiary/aromatic N) is 1. The van der Waals surface area contributed by atoms with Crippen molar-refractivity contribution in [2.24, 2.45) is 17.6 Å². The molecule has 0 radical (unpaired) electrons. The summed E-state index contributed by atoms with van der Waals surface area (Å²) < 4.78 is 1.03. The van der Waals surface area contributed by atoms with Crippen LogP contribution in [-0.4, -0.2) is 29.9 Å². The Morgan fingerprint density at radius 1 is 1.37 bits per heavy atom. The highest BCUT2D eigenvalue weighted by Gasteiger charge is 2.42. The zero-order valence-electron chi connectivity index (χ0n) is 10.1. The van der Waals surface area contributed by atoms with E-state index in [1.807, 2.05) is 4.90 Å². The fraction of sp³-hybridized carbons (Fsp3) is 0.583. The van der Waals surface area contributed by atoms with Crippen LogP contribution in [0.4, 0.5) is 0 Å². The molecule has 19 heavy (non-hydrogen) atoms. The van der Waals surface area contributed by atoms with Crippen molar-refractivity contribution in [1.29, 1.82) is 0 Å². The molecule has 0 aromatic carbocycles. The van der Waals surface area contributed by atoms with Crippen LogP contribution < -0.4 is 5.73 Å². The zero-order chi connectivity index (χ0) is 12.9. The van der Waals surface area contributed by atoms with Crippen molar-refractivity contribution in [2.75, 3.05) is 13.1 Å². The highest BCUT2D eigenvalue weighted by atomic mass is 35.5. The molecular weight excluding hydrogens is 327 g/mol. The van der Waals surface area contributed by atoms with Crippen molar-refractivity contribution in [3.8, 4) is 0 Å². The molecule has 2 N–H and O–H groups in total. The summed E-state index contributed by atoms with van der Waals surface area (Å²) in [5.41, 5.74) is 6.60. The lowest BCUT2D eigenvalue weighted by Gasteiger charge is -2.18. The van der Waals surface area contributed by atoms with Crippen LogP contribution in [0.15, 0.2) is 6.07 Å². The summed E-state index contributed by atoms with van der Waals surface area (Å²) in [6.45, 7) is 1.56. The lowest BCUT2D eigenvalue weighted by molar-refractivity contribution is 0.0780. The molecule has 1 saturated heterocycles. The van der Waals surface area contributed by atoms with Crippen molar-refractivity contribution in [1.82, 2.24) is 4.90 Å². The first-order valence-electron chi connectivity index (χ1n) is 6.06. The lowest BCUT2D eigenvalue weighted by atomic mass is 9.98. The van der Waals surface area contributed by atoms with Gasteiger partial charge in [0.05, 0.1) is 9.90 Å². The third-order valence-electron chi connectivity index (χ3n) is 4.09. The van der Waals surface area contributed by atoms with Crippen molar-refractivity contribution < 1.29 is 4.79 Å². The average molecular weight is 342 g/mol. The number of carbonyl (C=O) groups excluding carboxylic acids is 1. The normalized spacial score (nSPS) is 29.2. The van der Waals surface area contributed by atoms with Gasteiger partial charge in [0.1, 0.15) is 4.34 Å². The monoisotopic (exact) mass is 340 g/mol. The number of likely N-dealkylation sites (tertiary alicyclic amines) is 1. The van der Waals surface area contributed by atoms with E-state index in [-0.39, 0.29) is 24.4 Å². The largest absolute Gasteiger partial charge is 0.338 e. The first-order valence-corrected chi connectivity index (χ1v) is 7.63. The Hall–Kier alpha value is -0.0000000000000000555. The Balaban J connectivity index is 0.00000133. The summed E-state index contributed by atoms with van der Waals surface area (Å²) in [6, 6.07) is 1.90. The van der Waals surface area contributed by atoms with Gasteiger partial charge in [-0.3, -0.25) is 4.79 Å². The van der Waals surface area contributed by atoms with E-state index in [0.717, 1.165) is 25.9 Å². The second-order valence-corrected chi connectivity index (χ2v) is 7.40. The van der Waals surface area contributed by atoms with E-state index in [4.69, 9.17) is 28.9 Å². The van der Waals surface area contributed by atoms with Gasteiger partial charge in [0, 0.05) is 19.1 Å². The summed E-state index contributed by atoms with van der Waals surface area (Å²) >= 11 is 13.1. The number of nitrogens with two attached hydrogens (primary N) is 1. The molecule has 3 rings (SSSR count). The van der Waals surface area contributed by atoms with Gasteiger partial charge in [-0.05, 0) is 30.7 Å². The van der Waals surface area contributed by atoms with Gasteiger partial charge in [-0.25, -0.2) is 0 Å². The second kappa shape index (κ2) is 5.78. The minimum atomic E-state index is -0.00949. The molecular formula is C12H15Cl3N2OS. The lowest BCUT2D eigenvalue weighted by Crippen LogP contribution is -2.33. The van der Waals surface area contributed by atoms with Crippen LogP contribution in [0, 0.1) is 11.8 Å². The maximum atomic E-state index is 12.4. The minimum Gasteiger partial charge on any atom is -0.338 e. The van der Waals surface area contributed by atoms with Gasteiger partial charge in [0.25, 0.3) is 5.91 Å². The first-order chi connectivity index (χ1) is 8.56. The number of carbonyl (C=O) groups is 1. The number of halogens is 3. The van der Waals surface area contributed by atoms with Crippen molar-refractivity contribution >= 4 is 52.9 Å². The number of thiophene rings is 1. The average Bonchev–Trinajstić information content (AvgIpc) is 2.96. The van der Waals surface area contributed by atoms with Gasteiger partial charge in [-0.15, -0.1) is 23.7 Å². The zero-order valence-corrected chi connectivity index (χ0v) is 13.3. The molecule has 7 heteroatoms.